The predicted molar refractivity (Wildman–Crippen MR) is 145 cm³/mol. The van der Waals surface area contributed by atoms with Crippen molar-refractivity contribution in [3.05, 3.63) is 89.7 Å². The van der Waals surface area contributed by atoms with Gasteiger partial charge in [0, 0.05) is 23.3 Å². The van der Waals surface area contributed by atoms with Crippen molar-refractivity contribution in [3.63, 3.8) is 0 Å². The van der Waals surface area contributed by atoms with Gasteiger partial charge < -0.3 is 18.1 Å². The van der Waals surface area contributed by atoms with Gasteiger partial charge in [-0.15, -0.1) is 0 Å². The van der Waals surface area contributed by atoms with Crippen molar-refractivity contribution in [2.75, 3.05) is 26.3 Å². The molecule has 196 valence electrons. The molecule has 0 amide bonds. The van der Waals surface area contributed by atoms with E-state index < -0.39 is 0 Å². The molecule has 0 N–H and O–H groups in total. The Labute approximate surface area is 221 Å². The van der Waals surface area contributed by atoms with E-state index in [0.29, 0.717) is 26.3 Å². The molecule has 3 aromatic heterocycles. The zero-order valence-corrected chi connectivity index (χ0v) is 21.6. The van der Waals surface area contributed by atoms with Crippen molar-refractivity contribution in [2.24, 2.45) is 0 Å². The molecule has 0 atom stereocenters. The van der Waals surface area contributed by atoms with Gasteiger partial charge in [0.15, 0.2) is 5.76 Å². The number of furan rings is 2. The summed E-state index contributed by atoms with van der Waals surface area (Å²) in [5.74, 6) is 2.80. The number of rotatable bonds is 9. The second kappa shape index (κ2) is 10.1. The lowest BCUT2D eigenvalue weighted by atomic mass is 9.88. The van der Waals surface area contributed by atoms with Crippen LogP contribution in [0.1, 0.15) is 42.2 Å². The number of likely N-dealkylation sites (tertiary alicyclic amines) is 1. The maximum absolute atomic E-state index is 6.25. The molecule has 0 unspecified atom stereocenters. The fourth-order valence-corrected chi connectivity index (χ4v) is 5.92. The van der Waals surface area contributed by atoms with Gasteiger partial charge in [-0.05, 0) is 50.2 Å². The zero-order chi connectivity index (χ0) is 25.4. The molecule has 0 aliphatic carbocycles. The molecular weight excluding hydrogens is 478 g/mol. The van der Waals surface area contributed by atoms with E-state index >= 15 is 0 Å². The van der Waals surface area contributed by atoms with E-state index in [1.807, 2.05) is 36.4 Å². The van der Waals surface area contributed by atoms with E-state index in [9.17, 15) is 0 Å². The van der Waals surface area contributed by atoms with E-state index in [1.54, 1.807) is 0 Å². The third-order valence-corrected chi connectivity index (χ3v) is 8.00. The van der Waals surface area contributed by atoms with E-state index in [0.717, 1.165) is 71.0 Å². The molecule has 2 aliphatic rings. The minimum atomic E-state index is -0.225. The van der Waals surface area contributed by atoms with Crippen LogP contribution in [0.25, 0.3) is 21.9 Å². The average Bonchev–Trinajstić information content (AvgIpc) is 3.64. The Hall–Kier alpha value is -3.39. The molecule has 2 aliphatic heterocycles. The molecule has 5 aromatic rings. The number of ether oxygens (including phenoxy) is 1. The van der Waals surface area contributed by atoms with Crippen molar-refractivity contribution in [1.82, 2.24) is 15.0 Å². The van der Waals surface area contributed by atoms with Crippen LogP contribution in [-0.4, -0.2) is 46.8 Å². The highest BCUT2D eigenvalue weighted by molar-refractivity contribution is 5.78. The van der Waals surface area contributed by atoms with Gasteiger partial charge >= 0.3 is 0 Å². The van der Waals surface area contributed by atoms with Crippen LogP contribution in [0.3, 0.4) is 0 Å². The SMILES string of the molecule is c1ccc2oc(CN(Cc3cc4ccccc4o3)C3(Cc4cc(CN5CCCCC5)on4)COC3)cc2c1. The molecule has 7 rings (SSSR count). The van der Waals surface area contributed by atoms with Crippen molar-refractivity contribution >= 4 is 21.9 Å². The number of nitrogens with zero attached hydrogens (tertiary/aromatic N) is 3. The maximum Gasteiger partial charge on any atom is 0.150 e. The number of hydrogen-bond acceptors (Lipinski definition) is 7. The van der Waals surface area contributed by atoms with Crippen molar-refractivity contribution in [1.29, 1.82) is 0 Å². The normalized spacial score (nSPS) is 17.9. The number of piperidine rings is 1. The molecule has 0 saturated carbocycles. The molecule has 5 heterocycles. The second-order valence-corrected chi connectivity index (χ2v) is 10.9. The molecule has 0 radical (unpaired) electrons. The monoisotopic (exact) mass is 511 g/mol. The first-order chi connectivity index (χ1) is 18.7. The summed E-state index contributed by atoms with van der Waals surface area (Å²) < 4.78 is 24.1. The molecule has 0 bridgehead atoms. The van der Waals surface area contributed by atoms with Crippen LogP contribution in [0.15, 0.2) is 80.1 Å². The summed E-state index contributed by atoms with van der Waals surface area (Å²) in [6, 6.07) is 22.7. The van der Waals surface area contributed by atoms with E-state index in [4.69, 9.17) is 18.1 Å². The molecular formula is C31H33N3O4. The predicted octanol–water partition coefficient (Wildman–Crippen LogP) is 6.17. The minimum absolute atomic E-state index is 0.225. The van der Waals surface area contributed by atoms with Crippen LogP contribution in [-0.2, 0) is 30.8 Å². The first kappa shape index (κ1) is 23.7. The first-order valence-electron chi connectivity index (χ1n) is 13.7. The molecule has 0 spiro atoms. The highest BCUT2D eigenvalue weighted by atomic mass is 16.5. The molecule has 2 saturated heterocycles. The summed E-state index contributed by atoms with van der Waals surface area (Å²) in [6.07, 6.45) is 4.60. The van der Waals surface area contributed by atoms with Crippen LogP contribution in [0.4, 0.5) is 0 Å². The van der Waals surface area contributed by atoms with Crippen LogP contribution < -0.4 is 0 Å². The summed E-state index contributed by atoms with van der Waals surface area (Å²) in [7, 11) is 0. The number of hydrogen-bond donors (Lipinski definition) is 0. The Kier molecular flexibility index (Phi) is 6.28. The zero-order valence-electron chi connectivity index (χ0n) is 21.6. The van der Waals surface area contributed by atoms with Gasteiger partial charge in [0.25, 0.3) is 0 Å². The van der Waals surface area contributed by atoms with E-state index in [1.165, 1.54) is 19.3 Å². The fraction of sp³-hybridized carbons (Fsp3) is 0.387. The van der Waals surface area contributed by atoms with Gasteiger partial charge in [-0.2, -0.15) is 0 Å². The lowest BCUT2D eigenvalue weighted by Crippen LogP contribution is -2.63. The summed E-state index contributed by atoms with van der Waals surface area (Å²) >= 11 is 0. The molecule has 38 heavy (non-hydrogen) atoms. The summed E-state index contributed by atoms with van der Waals surface area (Å²) in [5.41, 5.74) is 2.56. The lowest BCUT2D eigenvalue weighted by Gasteiger charge is -2.49. The van der Waals surface area contributed by atoms with Crippen LogP contribution in [0.2, 0.25) is 0 Å². The first-order valence-corrected chi connectivity index (χ1v) is 13.7. The standard InChI is InChI=1S/C31H33N3O4/c1-6-12-33(13-7-1)18-28-16-25(32-38-28)17-31(21-35-22-31)34(19-26-14-23-8-2-4-10-29(23)36-26)20-27-15-24-9-3-5-11-30(24)37-27/h2-5,8-11,14-16H,1,6-7,12-13,17-22H2. The highest BCUT2D eigenvalue weighted by Crippen LogP contribution is 2.34. The molecule has 7 nitrogen and oxygen atoms in total. The Morgan fingerprint density at radius 3 is 1.97 bits per heavy atom. The Balaban J connectivity index is 1.16. The maximum atomic E-state index is 6.25. The van der Waals surface area contributed by atoms with Gasteiger partial charge in [-0.3, -0.25) is 9.80 Å². The fourth-order valence-electron chi connectivity index (χ4n) is 5.92. The quantitative estimate of drug-likeness (QED) is 0.235. The average molecular weight is 512 g/mol. The van der Waals surface area contributed by atoms with Gasteiger partial charge in [-0.25, -0.2) is 0 Å². The number of fused-ring (bicyclic) bond motifs is 2. The van der Waals surface area contributed by atoms with Crippen molar-refractivity contribution < 1.29 is 18.1 Å². The second-order valence-electron chi connectivity index (χ2n) is 10.9. The highest BCUT2D eigenvalue weighted by Gasteiger charge is 2.45. The lowest BCUT2D eigenvalue weighted by molar-refractivity contribution is -0.150. The third kappa shape index (κ3) is 4.77. The van der Waals surface area contributed by atoms with Crippen LogP contribution in [0, 0.1) is 0 Å². The Morgan fingerprint density at radius 1 is 0.763 bits per heavy atom. The molecule has 2 aromatic carbocycles. The van der Waals surface area contributed by atoms with Crippen LogP contribution in [0.5, 0.6) is 0 Å². The minimum Gasteiger partial charge on any atom is -0.460 e. The number of aromatic nitrogens is 1. The van der Waals surface area contributed by atoms with Gasteiger partial charge in [-0.1, -0.05) is 48.0 Å². The van der Waals surface area contributed by atoms with Crippen molar-refractivity contribution in [2.45, 2.75) is 50.9 Å². The van der Waals surface area contributed by atoms with Crippen molar-refractivity contribution in [3.8, 4) is 0 Å². The Bertz CT molecular complexity index is 1380. The van der Waals surface area contributed by atoms with Crippen LogP contribution >= 0.6 is 0 Å². The van der Waals surface area contributed by atoms with Gasteiger partial charge in [0.05, 0.1) is 44.1 Å². The van der Waals surface area contributed by atoms with Gasteiger partial charge in [0.1, 0.15) is 22.7 Å². The van der Waals surface area contributed by atoms with E-state index in [-0.39, 0.29) is 5.54 Å². The summed E-state index contributed by atoms with van der Waals surface area (Å²) in [5, 5.41) is 6.71. The number of benzene rings is 2. The summed E-state index contributed by atoms with van der Waals surface area (Å²) in [6.45, 7) is 5.65. The third-order valence-electron chi connectivity index (χ3n) is 8.00. The molecule has 2 fully saturated rings. The largest absolute Gasteiger partial charge is 0.460 e. The smallest absolute Gasteiger partial charge is 0.150 e. The van der Waals surface area contributed by atoms with Gasteiger partial charge in [0.2, 0.25) is 0 Å². The molecule has 7 heteroatoms. The Morgan fingerprint density at radius 2 is 1.39 bits per heavy atom. The van der Waals surface area contributed by atoms with E-state index in [2.05, 4.69) is 45.3 Å². The number of para-hydroxylation sites is 2. The summed E-state index contributed by atoms with van der Waals surface area (Å²) in [4.78, 5) is 4.90. The topological polar surface area (TPSA) is 68.0 Å².